The molecule has 2 aromatic rings. The summed E-state index contributed by atoms with van der Waals surface area (Å²) in [6.07, 6.45) is 1.63. The molecular weight excluding hydrogens is 224 g/mol. The van der Waals surface area contributed by atoms with Crippen molar-refractivity contribution < 1.29 is 0 Å². The number of hydrogen-bond acceptors (Lipinski definition) is 3. The third kappa shape index (κ3) is 2.15. The van der Waals surface area contributed by atoms with Crippen LogP contribution in [0.25, 0.3) is 0 Å². The summed E-state index contributed by atoms with van der Waals surface area (Å²) in [6, 6.07) is 9.43. The highest BCUT2D eigenvalue weighted by atomic mass is 35.5. The van der Waals surface area contributed by atoms with Crippen LogP contribution in [0.2, 0.25) is 5.02 Å². The van der Waals surface area contributed by atoms with Gasteiger partial charge in [0.05, 0.1) is 6.54 Å². The molecule has 0 bridgehead atoms. The second-order valence-electron chi connectivity index (χ2n) is 3.36. The number of hydrogen-bond donors (Lipinski definition) is 1. The van der Waals surface area contributed by atoms with Gasteiger partial charge in [-0.25, -0.2) is 0 Å². The zero-order chi connectivity index (χ0) is 11.5. The van der Waals surface area contributed by atoms with E-state index in [0.29, 0.717) is 17.1 Å². The average molecular weight is 233 g/mol. The minimum atomic E-state index is 0.261. The van der Waals surface area contributed by atoms with Crippen LogP contribution >= 0.6 is 11.6 Å². The molecule has 0 atom stereocenters. The molecule has 0 aliphatic rings. The maximum absolute atomic E-state index is 8.73. The lowest BCUT2D eigenvalue weighted by Gasteiger charge is -2.01. The third-order valence-electron chi connectivity index (χ3n) is 2.17. The molecule has 5 heteroatoms. The molecule has 1 aromatic heterocycles. The number of nitriles is 1. The minimum absolute atomic E-state index is 0.261. The van der Waals surface area contributed by atoms with Gasteiger partial charge in [-0.2, -0.15) is 10.4 Å². The van der Waals surface area contributed by atoms with Crippen molar-refractivity contribution in [1.29, 1.82) is 5.26 Å². The lowest BCUT2D eigenvalue weighted by molar-refractivity contribution is 0.690. The summed E-state index contributed by atoms with van der Waals surface area (Å²) in [7, 11) is 0. The van der Waals surface area contributed by atoms with Crippen LogP contribution in [0.1, 0.15) is 11.1 Å². The maximum atomic E-state index is 8.73. The molecule has 0 saturated heterocycles. The summed E-state index contributed by atoms with van der Waals surface area (Å²) in [5, 5.41) is 13.5. The van der Waals surface area contributed by atoms with Crippen LogP contribution in [0.15, 0.2) is 30.5 Å². The van der Waals surface area contributed by atoms with E-state index < -0.39 is 0 Å². The molecule has 0 radical (unpaired) electrons. The highest BCUT2D eigenvalue weighted by Gasteiger charge is 2.04. The van der Waals surface area contributed by atoms with Gasteiger partial charge < -0.3 is 5.73 Å². The Balaban J connectivity index is 2.21. The summed E-state index contributed by atoms with van der Waals surface area (Å²) in [6.45, 7) is 0.572. The van der Waals surface area contributed by atoms with E-state index >= 15 is 0 Å². The Morgan fingerprint density at radius 2 is 2.06 bits per heavy atom. The van der Waals surface area contributed by atoms with Crippen molar-refractivity contribution in [2.75, 3.05) is 5.73 Å². The molecule has 2 N–H and O–H groups in total. The number of nitrogens with zero attached hydrogens (tertiary/aromatic N) is 3. The Bertz CT molecular complexity index is 536. The van der Waals surface area contributed by atoms with Crippen LogP contribution in [0.4, 0.5) is 5.82 Å². The molecule has 0 unspecified atom stereocenters. The van der Waals surface area contributed by atoms with Gasteiger partial charge in [-0.1, -0.05) is 23.7 Å². The molecule has 0 saturated carbocycles. The fraction of sp³-hybridized carbons (Fsp3) is 0.0909. The van der Waals surface area contributed by atoms with E-state index in [-0.39, 0.29) is 5.82 Å². The monoisotopic (exact) mass is 232 g/mol. The molecule has 0 fully saturated rings. The molecule has 16 heavy (non-hydrogen) atoms. The molecule has 0 aliphatic heterocycles. The third-order valence-corrected chi connectivity index (χ3v) is 2.42. The highest BCUT2D eigenvalue weighted by molar-refractivity contribution is 6.30. The number of anilines is 1. The number of rotatable bonds is 2. The largest absolute Gasteiger partial charge is 0.381 e. The first-order chi connectivity index (χ1) is 7.69. The molecule has 80 valence electrons. The Morgan fingerprint density at radius 1 is 1.38 bits per heavy atom. The number of aromatic nitrogens is 2. The predicted molar refractivity (Wildman–Crippen MR) is 61.9 cm³/mol. The van der Waals surface area contributed by atoms with Crippen molar-refractivity contribution in [2.24, 2.45) is 0 Å². The lowest BCUT2D eigenvalue weighted by atomic mass is 10.2. The second-order valence-corrected chi connectivity index (χ2v) is 3.80. The van der Waals surface area contributed by atoms with Crippen LogP contribution in [-0.2, 0) is 6.54 Å². The van der Waals surface area contributed by atoms with Crippen LogP contribution in [-0.4, -0.2) is 9.78 Å². The van der Waals surface area contributed by atoms with Gasteiger partial charge in [0.2, 0.25) is 0 Å². The van der Waals surface area contributed by atoms with Gasteiger partial charge in [-0.05, 0) is 17.7 Å². The van der Waals surface area contributed by atoms with Gasteiger partial charge in [0.25, 0.3) is 0 Å². The van der Waals surface area contributed by atoms with Crippen molar-refractivity contribution in [3.63, 3.8) is 0 Å². The Labute approximate surface area is 97.9 Å². The number of halogens is 1. The van der Waals surface area contributed by atoms with Crippen LogP contribution in [0.3, 0.4) is 0 Å². The van der Waals surface area contributed by atoms with Gasteiger partial charge in [-0.15, -0.1) is 0 Å². The molecule has 2 rings (SSSR count). The quantitative estimate of drug-likeness (QED) is 0.862. The van der Waals surface area contributed by atoms with Gasteiger partial charge >= 0.3 is 0 Å². The second kappa shape index (κ2) is 4.25. The van der Waals surface area contributed by atoms with Crippen molar-refractivity contribution in [2.45, 2.75) is 6.54 Å². The zero-order valence-corrected chi connectivity index (χ0v) is 9.15. The Kier molecular flexibility index (Phi) is 2.80. The van der Waals surface area contributed by atoms with Crippen LogP contribution in [0, 0.1) is 11.3 Å². The molecule has 0 amide bonds. The van der Waals surface area contributed by atoms with Crippen molar-refractivity contribution in [1.82, 2.24) is 9.78 Å². The van der Waals surface area contributed by atoms with Gasteiger partial charge in [0.15, 0.2) is 5.82 Å². The van der Waals surface area contributed by atoms with Gasteiger partial charge in [0, 0.05) is 11.2 Å². The van der Waals surface area contributed by atoms with Crippen molar-refractivity contribution in [3.8, 4) is 6.07 Å². The van der Waals surface area contributed by atoms with Crippen molar-refractivity contribution in [3.05, 3.63) is 46.6 Å². The normalized spacial score (nSPS) is 10.0. The van der Waals surface area contributed by atoms with E-state index in [1.807, 2.05) is 30.3 Å². The van der Waals surface area contributed by atoms with Crippen molar-refractivity contribution >= 4 is 17.4 Å². The molecule has 1 aromatic carbocycles. The SMILES string of the molecule is N#Cc1cn(Cc2ccc(Cl)cc2)nc1N. The molecule has 0 spiro atoms. The Hall–Kier alpha value is -1.99. The summed E-state index contributed by atoms with van der Waals surface area (Å²) in [5.74, 6) is 0.261. The Morgan fingerprint density at radius 3 is 2.62 bits per heavy atom. The first kappa shape index (κ1) is 10.5. The van der Waals surface area contributed by atoms with E-state index in [2.05, 4.69) is 5.10 Å². The molecule has 0 aliphatic carbocycles. The molecular formula is C11H9ClN4. The average Bonchev–Trinajstić information content (AvgIpc) is 2.62. The lowest BCUT2D eigenvalue weighted by Crippen LogP contribution is -2.00. The zero-order valence-electron chi connectivity index (χ0n) is 8.39. The molecule has 4 nitrogen and oxygen atoms in total. The van der Waals surface area contributed by atoms with Crippen LogP contribution in [0.5, 0.6) is 0 Å². The number of nitrogens with two attached hydrogens (primary N) is 1. The van der Waals surface area contributed by atoms with E-state index in [0.717, 1.165) is 5.56 Å². The summed E-state index contributed by atoms with van der Waals surface area (Å²) in [5.41, 5.74) is 7.00. The molecule has 1 heterocycles. The summed E-state index contributed by atoms with van der Waals surface area (Å²) < 4.78 is 1.64. The smallest absolute Gasteiger partial charge is 0.163 e. The van der Waals surface area contributed by atoms with Crippen LogP contribution < -0.4 is 5.73 Å². The van der Waals surface area contributed by atoms with E-state index in [4.69, 9.17) is 22.6 Å². The first-order valence-electron chi connectivity index (χ1n) is 4.66. The van der Waals surface area contributed by atoms with E-state index in [1.165, 1.54) is 0 Å². The topological polar surface area (TPSA) is 67.6 Å². The highest BCUT2D eigenvalue weighted by Crippen LogP contribution is 2.12. The van der Waals surface area contributed by atoms with Gasteiger partial charge in [0.1, 0.15) is 11.6 Å². The maximum Gasteiger partial charge on any atom is 0.163 e. The van der Waals surface area contributed by atoms with E-state index in [1.54, 1.807) is 10.9 Å². The number of nitrogen functional groups attached to an aromatic ring is 1. The standard InChI is InChI=1S/C11H9ClN4/c12-10-3-1-8(2-4-10)6-16-7-9(5-13)11(14)15-16/h1-4,7H,6H2,(H2,14,15). The van der Waals surface area contributed by atoms with E-state index in [9.17, 15) is 0 Å². The summed E-state index contributed by atoms with van der Waals surface area (Å²) in [4.78, 5) is 0. The predicted octanol–water partition coefficient (Wildman–Crippen LogP) is 2.04. The number of benzene rings is 1. The fourth-order valence-corrected chi connectivity index (χ4v) is 1.51. The fourth-order valence-electron chi connectivity index (χ4n) is 1.38. The first-order valence-corrected chi connectivity index (χ1v) is 5.04. The summed E-state index contributed by atoms with van der Waals surface area (Å²) >= 11 is 5.78. The minimum Gasteiger partial charge on any atom is -0.381 e. The van der Waals surface area contributed by atoms with Gasteiger partial charge in [-0.3, -0.25) is 4.68 Å².